The maximum Gasteiger partial charge on any atom is 0.0426 e. The summed E-state index contributed by atoms with van der Waals surface area (Å²) in [4.78, 5) is 2.37. The number of nitrogens with one attached hydrogen (secondary N) is 1. The fourth-order valence-corrected chi connectivity index (χ4v) is 2.84. The Bertz CT molecular complexity index is 359. The molecule has 1 aromatic carbocycles. The predicted octanol–water partition coefficient (Wildman–Crippen LogP) is 3.31. The van der Waals surface area contributed by atoms with E-state index in [2.05, 4.69) is 30.4 Å². The largest absolute Gasteiger partial charge is 0.372 e. The van der Waals surface area contributed by atoms with Gasteiger partial charge in [-0.1, -0.05) is 17.7 Å². The molecule has 0 aromatic heterocycles. The lowest BCUT2D eigenvalue weighted by Crippen LogP contribution is -2.39. The molecule has 2 nitrogen and oxygen atoms in total. The summed E-state index contributed by atoms with van der Waals surface area (Å²) in [5.41, 5.74) is 1.23. The molecular formula is C14H21ClN2. The third-order valence-corrected chi connectivity index (χ3v) is 4.10. The van der Waals surface area contributed by atoms with Gasteiger partial charge in [0.05, 0.1) is 0 Å². The first-order valence-corrected chi connectivity index (χ1v) is 6.74. The van der Waals surface area contributed by atoms with Crippen LogP contribution in [-0.4, -0.2) is 26.2 Å². The molecule has 0 amide bonds. The lowest BCUT2D eigenvalue weighted by molar-refractivity contribution is 0.351. The van der Waals surface area contributed by atoms with Crippen LogP contribution in [0.1, 0.15) is 25.7 Å². The minimum atomic E-state index is 0.651. The smallest absolute Gasteiger partial charge is 0.0426 e. The van der Waals surface area contributed by atoms with Gasteiger partial charge in [-0.2, -0.15) is 0 Å². The standard InChI is InChI=1S/C14H21ClN2/c1-16-12-6-8-13(9-7-12)17(2)14-5-3-4-11(15)10-14/h3-5,10,12-13,16H,6-9H2,1-2H3. The number of hydrogen-bond donors (Lipinski definition) is 1. The number of nitrogens with zero attached hydrogens (tertiary/aromatic N) is 1. The van der Waals surface area contributed by atoms with Crippen molar-refractivity contribution in [2.75, 3.05) is 19.0 Å². The Balaban J connectivity index is 1.99. The zero-order valence-corrected chi connectivity index (χ0v) is 11.4. The van der Waals surface area contributed by atoms with E-state index in [1.807, 2.05) is 18.2 Å². The van der Waals surface area contributed by atoms with E-state index in [9.17, 15) is 0 Å². The SMILES string of the molecule is CNC1CCC(N(C)c2cccc(Cl)c2)CC1. The molecule has 1 aromatic rings. The van der Waals surface area contributed by atoms with E-state index in [0.29, 0.717) is 12.1 Å². The van der Waals surface area contributed by atoms with Crippen LogP contribution in [0.15, 0.2) is 24.3 Å². The third kappa shape index (κ3) is 3.14. The first-order valence-electron chi connectivity index (χ1n) is 6.36. The lowest BCUT2D eigenvalue weighted by Gasteiger charge is -2.36. The van der Waals surface area contributed by atoms with Gasteiger partial charge in [0.2, 0.25) is 0 Å². The Morgan fingerprint density at radius 3 is 2.53 bits per heavy atom. The summed E-state index contributed by atoms with van der Waals surface area (Å²) < 4.78 is 0. The van der Waals surface area contributed by atoms with Crippen LogP contribution in [0.25, 0.3) is 0 Å². The quantitative estimate of drug-likeness (QED) is 0.888. The van der Waals surface area contributed by atoms with Crippen molar-refractivity contribution >= 4 is 17.3 Å². The zero-order chi connectivity index (χ0) is 12.3. The van der Waals surface area contributed by atoms with Gasteiger partial charge in [0.1, 0.15) is 0 Å². The van der Waals surface area contributed by atoms with Gasteiger partial charge in [0, 0.05) is 29.8 Å². The molecule has 0 atom stereocenters. The van der Waals surface area contributed by atoms with Crippen LogP contribution in [0.3, 0.4) is 0 Å². The Morgan fingerprint density at radius 2 is 1.94 bits per heavy atom. The molecule has 1 saturated carbocycles. The molecule has 1 fully saturated rings. The van der Waals surface area contributed by atoms with Crippen molar-refractivity contribution in [2.45, 2.75) is 37.8 Å². The molecule has 1 aliphatic carbocycles. The summed E-state index contributed by atoms with van der Waals surface area (Å²) in [6.07, 6.45) is 5.06. The van der Waals surface area contributed by atoms with Crippen molar-refractivity contribution in [3.63, 3.8) is 0 Å². The molecule has 0 spiro atoms. The Kier molecular flexibility index (Phi) is 4.30. The number of benzene rings is 1. The van der Waals surface area contributed by atoms with E-state index in [-0.39, 0.29) is 0 Å². The van der Waals surface area contributed by atoms with Crippen LogP contribution in [-0.2, 0) is 0 Å². The summed E-state index contributed by atoms with van der Waals surface area (Å²) >= 11 is 6.04. The average molecular weight is 253 g/mol. The summed E-state index contributed by atoms with van der Waals surface area (Å²) in [6.45, 7) is 0. The fraction of sp³-hybridized carbons (Fsp3) is 0.571. The highest BCUT2D eigenvalue weighted by molar-refractivity contribution is 6.30. The van der Waals surface area contributed by atoms with Crippen LogP contribution >= 0.6 is 11.6 Å². The molecular weight excluding hydrogens is 232 g/mol. The number of rotatable bonds is 3. The van der Waals surface area contributed by atoms with Crippen LogP contribution < -0.4 is 10.2 Å². The second-order valence-electron chi connectivity index (χ2n) is 4.88. The Labute approximate surface area is 109 Å². The van der Waals surface area contributed by atoms with Crippen molar-refractivity contribution in [1.82, 2.24) is 5.32 Å². The van der Waals surface area contributed by atoms with Gasteiger partial charge in [-0.05, 0) is 50.9 Å². The molecule has 17 heavy (non-hydrogen) atoms. The maximum atomic E-state index is 6.04. The summed E-state index contributed by atoms with van der Waals surface area (Å²) in [6, 6.07) is 9.49. The van der Waals surface area contributed by atoms with Crippen LogP contribution in [0, 0.1) is 0 Å². The van der Waals surface area contributed by atoms with Gasteiger partial charge in [0.15, 0.2) is 0 Å². The Morgan fingerprint density at radius 1 is 1.24 bits per heavy atom. The van der Waals surface area contributed by atoms with E-state index in [1.54, 1.807) is 0 Å². The van der Waals surface area contributed by atoms with Gasteiger partial charge in [-0.3, -0.25) is 0 Å². The topological polar surface area (TPSA) is 15.3 Å². The molecule has 2 rings (SSSR count). The van der Waals surface area contributed by atoms with Crippen LogP contribution in [0.5, 0.6) is 0 Å². The highest BCUT2D eigenvalue weighted by atomic mass is 35.5. The maximum absolute atomic E-state index is 6.04. The molecule has 0 bridgehead atoms. The summed E-state index contributed by atoms with van der Waals surface area (Å²) in [5.74, 6) is 0. The summed E-state index contributed by atoms with van der Waals surface area (Å²) in [5, 5.41) is 4.19. The number of halogens is 1. The minimum Gasteiger partial charge on any atom is -0.372 e. The van der Waals surface area contributed by atoms with Gasteiger partial charge in [-0.25, -0.2) is 0 Å². The van der Waals surface area contributed by atoms with E-state index in [4.69, 9.17) is 11.6 Å². The zero-order valence-electron chi connectivity index (χ0n) is 10.6. The first kappa shape index (κ1) is 12.7. The van der Waals surface area contributed by atoms with Crippen molar-refractivity contribution in [1.29, 1.82) is 0 Å². The van der Waals surface area contributed by atoms with E-state index >= 15 is 0 Å². The summed E-state index contributed by atoms with van der Waals surface area (Å²) in [7, 11) is 4.24. The van der Waals surface area contributed by atoms with Crippen molar-refractivity contribution in [3.05, 3.63) is 29.3 Å². The second kappa shape index (κ2) is 5.74. The van der Waals surface area contributed by atoms with E-state index < -0.39 is 0 Å². The second-order valence-corrected chi connectivity index (χ2v) is 5.32. The van der Waals surface area contributed by atoms with Crippen molar-refractivity contribution < 1.29 is 0 Å². The highest BCUT2D eigenvalue weighted by Gasteiger charge is 2.23. The number of hydrogen-bond acceptors (Lipinski definition) is 2. The predicted molar refractivity (Wildman–Crippen MR) is 75.0 cm³/mol. The average Bonchev–Trinajstić information content (AvgIpc) is 2.38. The van der Waals surface area contributed by atoms with Crippen LogP contribution in [0.2, 0.25) is 5.02 Å². The molecule has 0 aliphatic heterocycles. The molecule has 1 aliphatic rings. The first-order chi connectivity index (χ1) is 8.20. The molecule has 0 saturated heterocycles. The van der Waals surface area contributed by atoms with E-state index in [1.165, 1.54) is 31.4 Å². The van der Waals surface area contributed by atoms with Crippen molar-refractivity contribution in [3.8, 4) is 0 Å². The Hall–Kier alpha value is -0.730. The number of anilines is 1. The van der Waals surface area contributed by atoms with Crippen molar-refractivity contribution in [2.24, 2.45) is 0 Å². The molecule has 3 heteroatoms. The molecule has 1 N–H and O–H groups in total. The van der Waals surface area contributed by atoms with Gasteiger partial charge < -0.3 is 10.2 Å². The van der Waals surface area contributed by atoms with Gasteiger partial charge >= 0.3 is 0 Å². The monoisotopic (exact) mass is 252 g/mol. The molecule has 0 radical (unpaired) electrons. The molecule has 0 heterocycles. The minimum absolute atomic E-state index is 0.651. The molecule has 0 unspecified atom stereocenters. The van der Waals surface area contributed by atoms with E-state index in [0.717, 1.165) is 5.02 Å². The molecule has 94 valence electrons. The highest BCUT2D eigenvalue weighted by Crippen LogP contribution is 2.27. The lowest BCUT2D eigenvalue weighted by atomic mass is 9.90. The van der Waals surface area contributed by atoms with Gasteiger partial charge in [0.25, 0.3) is 0 Å². The van der Waals surface area contributed by atoms with Gasteiger partial charge in [-0.15, -0.1) is 0 Å². The fourth-order valence-electron chi connectivity index (χ4n) is 2.66. The third-order valence-electron chi connectivity index (χ3n) is 3.87. The normalized spacial score (nSPS) is 24.6. The van der Waals surface area contributed by atoms with Crippen LogP contribution in [0.4, 0.5) is 5.69 Å².